The molecular formula is C11H22N4O2. The Balaban J connectivity index is 2.43. The van der Waals surface area contributed by atoms with E-state index in [0.717, 1.165) is 19.6 Å². The lowest BCUT2D eigenvalue weighted by Crippen LogP contribution is -2.30. The fourth-order valence-electron chi connectivity index (χ4n) is 1.37. The zero-order valence-electron chi connectivity index (χ0n) is 11.1. The lowest BCUT2D eigenvalue weighted by molar-refractivity contribution is 0.173. The number of hydrogen-bond acceptors (Lipinski definition) is 6. The highest BCUT2D eigenvalue weighted by Gasteiger charge is 2.21. The van der Waals surface area contributed by atoms with Crippen LogP contribution >= 0.6 is 0 Å². The number of rotatable bonds is 7. The minimum Gasteiger partial charge on any atom is -0.385 e. The standard InChI is InChI=1S/C11H22N4O2/c1-11(2,12)10-13-9(17-14-10)8-15(3)6-5-7-16-4/h5-8,12H2,1-4H3. The first kappa shape index (κ1) is 14.1. The molecule has 17 heavy (non-hydrogen) atoms. The van der Waals surface area contributed by atoms with Crippen LogP contribution in [-0.4, -0.2) is 42.3 Å². The van der Waals surface area contributed by atoms with Crippen molar-refractivity contribution in [2.75, 3.05) is 27.3 Å². The van der Waals surface area contributed by atoms with Gasteiger partial charge in [-0.15, -0.1) is 0 Å². The van der Waals surface area contributed by atoms with Crippen molar-refractivity contribution in [2.24, 2.45) is 5.73 Å². The molecule has 0 saturated heterocycles. The molecule has 0 bridgehead atoms. The molecule has 0 spiro atoms. The van der Waals surface area contributed by atoms with E-state index in [1.54, 1.807) is 7.11 Å². The number of aromatic nitrogens is 2. The van der Waals surface area contributed by atoms with Gasteiger partial charge in [0.15, 0.2) is 5.82 Å². The quantitative estimate of drug-likeness (QED) is 0.710. The van der Waals surface area contributed by atoms with E-state index in [4.69, 9.17) is 15.0 Å². The SMILES string of the molecule is COCCCN(C)Cc1nc(C(C)(C)N)no1. The van der Waals surface area contributed by atoms with E-state index in [9.17, 15) is 0 Å². The van der Waals surface area contributed by atoms with Crippen molar-refractivity contribution in [3.05, 3.63) is 11.7 Å². The lowest BCUT2D eigenvalue weighted by atomic mass is 10.1. The molecule has 6 nitrogen and oxygen atoms in total. The molecule has 0 unspecified atom stereocenters. The summed E-state index contributed by atoms with van der Waals surface area (Å²) in [6.07, 6.45) is 0.983. The van der Waals surface area contributed by atoms with Gasteiger partial charge in [0.1, 0.15) is 0 Å². The van der Waals surface area contributed by atoms with Crippen LogP contribution in [0.4, 0.5) is 0 Å². The molecule has 98 valence electrons. The summed E-state index contributed by atoms with van der Waals surface area (Å²) >= 11 is 0. The molecule has 0 aromatic carbocycles. The predicted molar refractivity (Wildman–Crippen MR) is 64.3 cm³/mol. The number of methoxy groups -OCH3 is 1. The van der Waals surface area contributed by atoms with Gasteiger partial charge in [-0.2, -0.15) is 4.98 Å². The summed E-state index contributed by atoms with van der Waals surface area (Å²) in [5.74, 6) is 1.14. The smallest absolute Gasteiger partial charge is 0.240 e. The van der Waals surface area contributed by atoms with E-state index in [1.165, 1.54) is 0 Å². The van der Waals surface area contributed by atoms with Crippen LogP contribution in [0.2, 0.25) is 0 Å². The molecule has 0 fully saturated rings. The van der Waals surface area contributed by atoms with E-state index in [2.05, 4.69) is 15.0 Å². The van der Waals surface area contributed by atoms with Crippen LogP contribution in [0.5, 0.6) is 0 Å². The van der Waals surface area contributed by atoms with Crippen molar-refractivity contribution in [1.82, 2.24) is 15.0 Å². The van der Waals surface area contributed by atoms with E-state index in [0.29, 0.717) is 18.3 Å². The third-order valence-corrected chi connectivity index (χ3v) is 2.34. The number of nitrogens with two attached hydrogens (primary N) is 1. The monoisotopic (exact) mass is 242 g/mol. The van der Waals surface area contributed by atoms with Gasteiger partial charge in [0, 0.05) is 20.3 Å². The average Bonchev–Trinajstić information content (AvgIpc) is 2.66. The van der Waals surface area contributed by atoms with Crippen molar-refractivity contribution in [3.8, 4) is 0 Å². The Morgan fingerprint density at radius 3 is 2.71 bits per heavy atom. The first-order chi connectivity index (χ1) is 7.93. The van der Waals surface area contributed by atoms with E-state index < -0.39 is 5.54 Å². The summed E-state index contributed by atoms with van der Waals surface area (Å²) in [4.78, 5) is 6.38. The molecule has 6 heteroatoms. The first-order valence-corrected chi connectivity index (χ1v) is 5.73. The van der Waals surface area contributed by atoms with E-state index in [1.807, 2.05) is 20.9 Å². The number of hydrogen-bond donors (Lipinski definition) is 1. The van der Waals surface area contributed by atoms with Gasteiger partial charge in [-0.25, -0.2) is 0 Å². The summed E-state index contributed by atoms with van der Waals surface area (Å²) in [6.45, 7) is 6.02. The Kier molecular flexibility index (Phi) is 5.04. The first-order valence-electron chi connectivity index (χ1n) is 5.73. The van der Waals surface area contributed by atoms with Crippen molar-refractivity contribution < 1.29 is 9.26 Å². The Morgan fingerprint density at radius 1 is 1.47 bits per heavy atom. The molecule has 1 aromatic heterocycles. The highest BCUT2D eigenvalue weighted by atomic mass is 16.5. The minimum absolute atomic E-state index is 0.540. The molecule has 2 N–H and O–H groups in total. The van der Waals surface area contributed by atoms with Crippen LogP contribution in [0.15, 0.2) is 4.52 Å². The van der Waals surface area contributed by atoms with Crippen LogP contribution in [-0.2, 0) is 16.8 Å². The van der Waals surface area contributed by atoms with Gasteiger partial charge in [-0.05, 0) is 27.3 Å². The van der Waals surface area contributed by atoms with Crippen LogP contribution < -0.4 is 5.73 Å². The molecular weight excluding hydrogens is 220 g/mol. The summed E-state index contributed by atoms with van der Waals surface area (Å²) in [5, 5.41) is 3.87. The van der Waals surface area contributed by atoms with Gasteiger partial charge in [-0.3, -0.25) is 4.90 Å². The summed E-state index contributed by atoms with van der Waals surface area (Å²) in [5.41, 5.74) is 5.32. The Hall–Kier alpha value is -0.980. The Labute approximate surface area is 102 Å². The highest BCUT2D eigenvalue weighted by Crippen LogP contribution is 2.13. The maximum Gasteiger partial charge on any atom is 0.240 e. The molecule has 0 aliphatic heterocycles. The molecule has 0 aliphatic rings. The third-order valence-electron chi connectivity index (χ3n) is 2.34. The predicted octanol–water partition coefficient (Wildman–Crippen LogP) is 0.732. The van der Waals surface area contributed by atoms with Crippen molar-refractivity contribution in [2.45, 2.75) is 32.4 Å². The number of ether oxygens (including phenoxy) is 1. The van der Waals surface area contributed by atoms with Gasteiger partial charge in [0.2, 0.25) is 5.89 Å². The maximum absolute atomic E-state index is 5.88. The van der Waals surface area contributed by atoms with Gasteiger partial charge < -0.3 is 15.0 Å². The lowest BCUT2D eigenvalue weighted by Gasteiger charge is -2.13. The second kappa shape index (κ2) is 6.09. The molecule has 1 rings (SSSR count). The Bertz CT molecular complexity index is 332. The van der Waals surface area contributed by atoms with Crippen LogP contribution in [0.3, 0.4) is 0 Å². The van der Waals surface area contributed by atoms with Gasteiger partial charge in [-0.1, -0.05) is 5.16 Å². The molecule has 0 radical (unpaired) electrons. The topological polar surface area (TPSA) is 77.4 Å². The highest BCUT2D eigenvalue weighted by molar-refractivity contribution is 4.98. The Morgan fingerprint density at radius 2 is 2.18 bits per heavy atom. The largest absolute Gasteiger partial charge is 0.385 e. The average molecular weight is 242 g/mol. The molecule has 0 amide bonds. The minimum atomic E-state index is -0.559. The second-order valence-electron chi connectivity index (χ2n) is 4.82. The fourth-order valence-corrected chi connectivity index (χ4v) is 1.37. The summed E-state index contributed by atoms with van der Waals surface area (Å²) in [6, 6.07) is 0. The molecule has 0 aliphatic carbocycles. The van der Waals surface area contributed by atoms with Gasteiger partial charge in [0.25, 0.3) is 0 Å². The molecule has 0 atom stereocenters. The summed E-state index contributed by atoms with van der Waals surface area (Å²) < 4.78 is 10.2. The van der Waals surface area contributed by atoms with Crippen LogP contribution in [0.25, 0.3) is 0 Å². The zero-order valence-corrected chi connectivity index (χ0v) is 11.1. The molecule has 1 heterocycles. The van der Waals surface area contributed by atoms with Crippen molar-refractivity contribution in [1.29, 1.82) is 0 Å². The van der Waals surface area contributed by atoms with Crippen LogP contribution in [0, 0.1) is 0 Å². The van der Waals surface area contributed by atoms with E-state index >= 15 is 0 Å². The van der Waals surface area contributed by atoms with Gasteiger partial charge in [0.05, 0.1) is 12.1 Å². The van der Waals surface area contributed by atoms with E-state index in [-0.39, 0.29) is 0 Å². The maximum atomic E-state index is 5.88. The fraction of sp³-hybridized carbons (Fsp3) is 0.818. The molecule has 0 saturated carbocycles. The normalized spacial score (nSPS) is 12.4. The second-order valence-corrected chi connectivity index (χ2v) is 4.82. The van der Waals surface area contributed by atoms with Crippen molar-refractivity contribution >= 4 is 0 Å². The number of nitrogens with zero attached hydrogens (tertiary/aromatic N) is 3. The summed E-state index contributed by atoms with van der Waals surface area (Å²) in [7, 11) is 3.71. The van der Waals surface area contributed by atoms with Gasteiger partial charge >= 0.3 is 0 Å². The van der Waals surface area contributed by atoms with Crippen LogP contribution in [0.1, 0.15) is 32.0 Å². The third kappa shape index (κ3) is 4.80. The zero-order chi connectivity index (χ0) is 12.9. The van der Waals surface area contributed by atoms with Crippen molar-refractivity contribution in [3.63, 3.8) is 0 Å². The molecule has 1 aromatic rings.